The van der Waals surface area contributed by atoms with Crippen molar-refractivity contribution in [2.75, 3.05) is 0 Å². The molecule has 0 saturated carbocycles. The summed E-state index contributed by atoms with van der Waals surface area (Å²) in [6.07, 6.45) is 0. The topological polar surface area (TPSA) is 0 Å². The van der Waals surface area contributed by atoms with Crippen LogP contribution in [0.2, 0.25) is 0 Å². The van der Waals surface area contributed by atoms with Gasteiger partial charge in [-0.25, -0.2) is 0 Å². The molecule has 0 aliphatic rings. The molecule has 0 rings (SSSR count). The number of halogens is 68. The first-order valence-electron chi connectivity index (χ1n) is 0. The molecular weight excluding hydrogens is 2540 g/mol. The van der Waals surface area contributed by atoms with Crippen molar-refractivity contribution in [2.24, 2.45) is 0 Å². The van der Waals surface area contributed by atoms with Crippen LogP contribution < -0.4 is 81.3 Å². The molecule has 0 amide bonds. The van der Waals surface area contributed by atoms with Crippen LogP contribution in [-0.2, 0) is 0 Å². The van der Waals surface area contributed by atoms with E-state index in [9.17, 15) is 0 Å². The Kier molecular flexibility index (Phi) is 33400. The third-order valence-corrected chi connectivity index (χ3v) is 0. The van der Waals surface area contributed by atoms with E-state index in [4.69, 9.17) is 0 Å². The van der Waals surface area contributed by atoms with Gasteiger partial charge in [0.05, 0.1) is 0 Å². The summed E-state index contributed by atoms with van der Waals surface area (Å²) in [5.74, 6) is 0. The van der Waals surface area contributed by atoms with Crippen molar-refractivity contribution in [1.29, 1.82) is 0 Å². The fraction of sp³-hybridized carbons (Fsp3) is 0. The largest absolute Gasteiger partial charge is 1.00 e. The van der Waals surface area contributed by atoms with Gasteiger partial charge in [-0.3, -0.25) is 0 Å². The second-order valence-corrected chi connectivity index (χ2v) is 0. The van der Waals surface area contributed by atoms with E-state index < -0.39 is 0 Å². The van der Waals surface area contributed by atoms with E-state index in [2.05, 4.69) is 0 Å². The van der Waals surface area contributed by atoms with E-state index in [-0.39, 0.29) is 913 Å². The Bertz CT molecular complexity index is 7.54. The van der Waals surface area contributed by atoms with Crippen molar-refractivity contribution in [3.05, 3.63) is 0 Å². The van der Waals surface area contributed by atoms with Gasteiger partial charge >= 0.3 is 68.9 Å². The third-order valence-electron chi connectivity index (χ3n) is 0. The molecule has 0 aliphatic carbocycles. The maximum atomic E-state index is 0. The monoisotopic (exact) mass is 2580 g/mol. The zero-order valence-electron chi connectivity index (χ0n) is 28.7. The van der Waals surface area contributed by atoms with Crippen LogP contribution in [0.1, 0.15) is 0 Å². The van der Waals surface area contributed by atoms with E-state index in [1.807, 2.05) is 0 Å². The van der Waals surface area contributed by atoms with Crippen LogP contribution in [0.5, 0.6) is 0 Å². The standard InChI is InChI=1S/68ClH.Cs/h68*1H;/q;;;;;;;;;;;;;;;;;;;;;;;;;;;;;;;;;;;;;;;;;;;;;;;;;;;;;;;;;;;;;;;;;;;;+1/p-1. The first-order chi connectivity index (χ1) is 0. The molecule has 0 aromatic rings. The summed E-state index contributed by atoms with van der Waals surface area (Å²) in [4.78, 5) is 0. The van der Waals surface area contributed by atoms with Crippen molar-refractivity contribution in [3.63, 3.8) is 0 Å². The van der Waals surface area contributed by atoms with Gasteiger partial charge in [0.2, 0.25) is 0 Å². The van der Waals surface area contributed by atoms with Gasteiger partial charge in [0.25, 0.3) is 0 Å². The van der Waals surface area contributed by atoms with Crippen LogP contribution >= 0.6 is 831 Å². The van der Waals surface area contributed by atoms with Gasteiger partial charge in [-0.1, -0.05) is 0 Å². The summed E-state index contributed by atoms with van der Waals surface area (Å²) < 4.78 is 0. The first kappa shape index (κ1) is 1540. The fourth-order valence-corrected chi connectivity index (χ4v) is 0. The first-order valence-corrected chi connectivity index (χ1v) is 0. The molecule has 0 nitrogen and oxygen atoms in total. The Morgan fingerprint density at radius 2 is 0.0435 bits per heavy atom. The van der Waals surface area contributed by atoms with Crippen LogP contribution in [0.15, 0.2) is 0 Å². The molecule has 0 saturated heterocycles. The van der Waals surface area contributed by atoms with Crippen LogP contribution in [0, 0.1) is 0 Å². The number of hydrogen-bond acceptors (Lipinski definition) is 0. The summed E-state index contributed by atoms with van der Waals surface area (Å²) in [7, 11) is 0. The van der Waals surface area contributed by atoms with Crippen LogP contribution in [0.3, 0.4) is 0 Å². The van der Waals surface area contributed by atoms with Gasteiger partial charge in [-0.2, -0.15) is 0 Å². The number of hydrogen-bond donors (Lipinski definition) is 0. The second-order valence-electron chi connectivity index (χ2n) is 0. The van der Waals surface area contributed by atoms with Crippen molar-refractivity contribution in [1.82, 2.24) is 0 Å². The summed E-state index contributed by atoms with van der Waals surface area (Å²) in [6.45, 7) is 0. The molecular formula is H67Cl68Cs. The van der Waals surface area contributed by atoms with Gasteiger partial charge in [0.1, 0.15) is 0 Å². The molecule has 0 atom stereocenters. The Balaban J connectivity index is 0. The van der Waals surface area contributed by atoms with Gasteiger partial charge in [0, 0.05) is 0 Å². The van der Waals surface area contributed by atoms with Gasteiger partial charge in [0.15, 0.2) is 0 Å². The molecule has 0 aromatic heterocycles. The summed E-state index contributed by atoms with van der Waals surface area (Å²) in [5, 5.41) is 0. The Labute approximate surface area is 893 Å². The molecule has 0 aliphatic heterocycles. The molecule has 544 valence electrons. The minimum atomic E-state index is 0. The average Bonchev–Trinajstić information content (AvgIpc) is 0. The van der Waals surface area contributed by atoms with E-state index in [1.54, 1.807) is 0 Å². The van der Waals surface area contributed by atoms with Gasteiger partial charge in [-0.05, 0) is 0 Å². The summed E-state index contributed by atoms with van der Waals surface area (Å²) >= 11 is 0. The second kappa shape index (κ2) is 1490. The average molecular weight is 2610 g/mol. The predicted molar refractivity (Wildman–Crippen MR) is 486 cm³/mol. The Morgan fingerprint density at radius 1 is 0.0435 bits per heavy atom. The van der Waals surface area contributed by atoms with E-state index in [0.29, 0.717) is 0 Å². The van der Waals surface area contributed by atoms with Crippen molar-refractivity contribution in [3.8, 4) is 0 Å². The predicted octanol–water partition coefficient (Wildman–Crippen LogP) is 22.3. The molecule has 0 fully saturated rings. The zero-order chi connectivity index (χ0) is 0. The fourth-order valence-electron chi connectivity index (χ4n) is 0. The van der Waals surface area contributed by atoms with Crippen LogP contribution in [-0.4, -0.2) is 0 Å². The Hall–Kier alpha value is 21.8. The quantitative estimate of drug-likeness (QED) is 0.227. The normalized spacial score (nSPS) is 0. The molecule has 0 radical (unpaired) electrons. The van der Waals surface area contributed by atoms with E-state index in [0.717, 1.165) is 0 Å². The van der Waals surface area contributed by atoms with Gasteiger partial charge < -0.3 is 12.4 Å². The third kappa shape index (κ3) is 1460. The molecule has 0 heterocycles. The minimum absolute atomic E-state index is 0. The molecule has 0 spiro atoms. The molecule has 69 heteroatoms. The van der Waals surface area contributed by atoms with E-state index in [1.165, 1.54) is 0 Å². The SMILES string of the molecule is Cl.Cl.Cl.Cl.Cl.Cl.Cl.Cl.Cl.Cl.Cl.Cl.Cl.Cl.Cl.Cl.Cl.Cl.Cl.Cl.Cl.Cl.Cl.Cl.Cl.Cl.Cl.Cl.Cl.Cl.Cl.Cl.Cl.Cl.Cl.Cl.Cl.Cl.Cl.Cl.Cl.Cl.Cl.Cl.Cl.Cl.Cl.Cl.Cl.Cl.Cl.Cl.Cl.Cl.Cl.Cl.Cl.Cl.Cl.Cl.Cl.Cl.Cl.Cl.Cl.Cl.Cl.[Cl-].[Cs+]. The van der Waals surface area contributed by atoms with Gasteiger partial charge in [-0.15, -0.1) is 831 Å². The van der Waals surface area contributed by atoms with Crippen molar-refractivity contribution in [2.45, 2.75) is 0 Å². The minimum Gasteiger partial charge on any atom is -1.00 e. The van der Waals surface area contributed by atoms with Crippen LogP contribution in [0.4, 0.5) is 0 Å². The summed E-state index contributed by atoms with van der Waals surface area (Å²) in [5.41, 5.74) is 0. The smallest absolute Gasteiger partial charge is 1.00 e. The maximum Gasteiger partial charge on any atom is 1.00 e. The zero-order valence-corrected chi connectivity index (χ0v) is 90.5. The molecule has 0 aromatic carbocycles. The van der Waals surface area contributed by atoms with Crippen molar-refractivity contribution < 1.29 is 81.3 Å². The maximum absolute atomic E-state index is 0. The van der Waals surface area contributed by atoms with Crippen LogP contribution in [0.25, 0.3) is 0 Å². The van der Waals surface area contributed by atoms with E-state index >= 15 is 0 Å². The summed E-state index contributed by atoms with van der Waals surface area (Å²) in [6, 6.07) is 0. The molecule has 0 N–H and O–H groups in total. The molecule has 69 heavy (non-hydrogen) atoms. The van der Waals surface area contributed by atoms with Crippen molar-refractivity contribution >= 4 is 831 Å². The molecule has 0 unspecified atom stereocenters. The number of rotatable bonds is 0. The molecule has 0 bridgehead atoms. The Morgan fingerprint density at radius 3 is 0.0435 bits per heavy atom.